The van der Waals surface area contributed by atoms with E-state index in [1.807, 2.05) is 13.8 Å². The van der Waals surface area contributed by atoms with E-state index in [-0.39, 0.29) is 23.9 Å². The first-order valence-electron chi connectivity index (χ1n) is 14.1. The molecule has 2 N–H and O–H groups in total. The maximum atomic E-state index is 12.6. The van der Waals surface area contributed by atoms with Gasteiger partial charge in [0.05, 0.1) is 11.4 Å². The van der Waals surface area contributed by atoms with Crippen LogP contribution in [0.4, 0.5) is 11.4 Å². The highest BCUT2D eigenvalue weighted by atomic mass is 16.2. The van der Waals surface area contributed by atoms with Gasteiger partial charge in [-0.15, -0.1) is 0 Å². The number of azo groups is 1. The smallest absolute Gasteiger partial charge is 0.251 e. The largest absolute Gasteiger partial charge is 0.349 e. The van der Waals surface area contributed by atoms with Crippen LogP contribution in [-0.4, -0.2) is 23.9 Å². The molecule has 0 aliphatic heterocycles. The predicted molar refractivity (Wildman–Crippen MR) is 153 cm³/mol. The van der Waals surface area contributed by atoms with E-state index in [9.17, 15) is 9.59 Å². The van der Waals surface area contributed by atoms with Crippen LogP contribution in [0.25, 0.3) is 0 Å². The van der Waals surface area contributed by atoms with Gasteiger partial charge < -0.3 is 10.6 Å². The van der Waals surface area contributed by atoms with Crippen LogP contribution in [0.1, 0.15) is 107 Å². The van der Waals surface area contributed by atoms with Crippen LogP contribution >= 0.6 is 0 Å². The fraction of sp³-hybridized carbons (Fsp3) is 0.548. The summed E-state index contributed by atoms with van der Waals surface area (Å²) in [7, 11) is 0. The van der Waals surface area contributed by atoms with Crippen LogP contribution in [0.15, 0.2) is 58.8 Å². The third-order valence-electron chi connectivity index (χ3n) is 6.81. The maximum absolute atomic E-state index is 12.6. The Bertz CT molecular complexity index is 975. The molecule has 0 heterocycles. The number of benzene rings is 2. The fourth-order valence-electron chi connectivity index (χ4n) is 4.33. The van der Waals surface area contributed by atoms with E-state index in [0.29, 0.717) is 28.4 Å². The van der Waals surface area contributed by atoms with Gasteiger partial charge in [0, 0.05) is 23.2 Å². The highest BCUT2D eigenvalue weighted by Gasteiger charge is 2.20. The number of nitrogens with zero attached hydrogens (tertiary/aromatic N) is 2. The van der Waals surface area contributed by atoms with Gasteiger partial charge >= 0.3 is 0 Å². The normalized spacial score (nSPS) is 18.1. The Morgan fingerprint density at radius 1 is 0.811 bits per heavy atom. The molecule has 1 aliphatic carbocycles. The van der Waals surface area contributed by atoms with E-state index in [1.165, 1.54) is 12.8 Å². The molecule has 2 aromatic carbocycles. The quantitative estimate of drug-likeness (QED) is 0.317. The van der Waals surface area contributed by atoms with Crippen molar-refractivity contribution < 1.29 is 9.59 Å². The fourth-order valence-corrected chi connectivity index (χ4v) is 4.33. The second-order valence-electron chi connectivity index (χ2n) is 10.3. The lowest BCUT2D eigenvalue weighted by Crippen LogP contribution is -2.37. The summed E-state index contributed by atoms with van der Waals surface area (Å²) in [6, 6.07) is 14.8. The summed E-state index contributed by atoms with van der Waals surface area (Å²) in [5.74, 6) is 1.30. The summed E-state index contributed by atoms with van der Waals surface area (Å²) in [6.45, 7) is 12.8. The summed E-state index contributed by atoms with van der Waals surface area (Å²) in [5, 5.41) is 14.8. The molecule has 202 valence electrons. The molecule has 0 spiro atoms. The van der Waals surface area contributed by atoms with Crippen LogP contribution in [0.3, 0.4) is 0 Å². The number of hydrogen-bond acceptors (Lipinski definition) is 4. The van der Waals surface area contributed by atoms with Crippen molar-refractivity contribution in [3.05, 3.63) is 59.7 Å². The molecule has 1 fully saturated rings. The first kappa shape index (κ1) is 30.2. The molecule has 0 bridgehead atoms. The van der Waals surface area contributed by atoms with Gasteiger partial charge in [-0.3, -0.25) is 9.59 Å². The second kappa shape index (κ2) is 16.0. The van der Waals surface area contributed by atoms with Crippen molar-refractivity contribution in [2.75, 3.05) is 0 Å². The number of rotatable bonds is 10. The number of carbonyl (C=O) groups is 2. The molecule has 1 atom stereocenters. The summed E-state index contributed by atoms with van der Waals surface area (Å²) in [5.41, 5.74) is 2.60. The summed E-state index contributed by atoms with van der Waals surface area (Å²) < 4.78 is 0. The van der Waals surface area contributed by atoms with E-state index in [4.69, 9.17) is 0 Å². The number of nitrogens with one attached hydrogen (secondary N) is 2. The van der Waals surface area contributed by atoms with Crippen LogP contribution in [0.2, 0.25) is 0 Å². The van der Waals surface area contributed by atoms with E-state index in [1.54, 1.807) is 48.5 Å². The molecule has 2 amide bonds. The Kier molecular flexibility index (Phi) is 13.0. The van der Waals surface area contributed by atoms with Gasteiger partial charge in [0.1, 0.15) is 0 Å². The van der Waals surface area contributed by atoms with Crippen LogP contribution < -0.4 is 10.6 Å². The Labute approximate surface area is 223 Å². The van der Waals surface area contributed by atoms with Crippen molar-refractivity contribution >= 4 is 23.2 Å². The average Bonchev–Trinajstić information content (AvgIpc) is 2.92. The van der Waals surface area contributed by atoms with E-state index >= 15 is 0 Å². The summed E-state index contributed by atoms with van der Waals surface area (Å²) in [4.78, 5) is 25.1. The lowest BCUT2D eigenvalue weighted by Gasteiger charge is -2.26. The first-order chi connectivity index (χ1) is 17.8. The number of amides is 2. The zero-order valence-electron chi connectivity index (χ0n) is 23.6. The maximum Gasteiger partial charge on any atom is 0.251 e. The predicted octanol–water partition coefficient (Wildman–Crippen LogP) is 8.38. The molecule has 6 heteroatoms. The third kappa shape index (κ3) is 10.5. The molecule has 2 aromatic rings. The third-order valence-corrected chi connectivity index (χ3v) is 6.81. The minimum atomic E-state index is -0.0549. The lowest BCUT2D eigenvalue weighted by atomic mass is 9.87. The molecule has 37 heavy (non-hydrogen) atoms. The second-order valence-corrected chi connectivity index (χ2v) is 10.3. The Balaban J connectivity index is 0.00000235. The molecular weight excluding hydrogens is 460 g/mol. The molecule has 0 aromatic heterocycles. The summed E-state index contributed by atoms with van der Waals surface area (Å²) >= 11 is 0. The van der Waals surface area contributed by atoms with Crippen LogP contribution in [-0.2, 0) is 0 Å². The molecular formula is C31H46N4O2. The molecule has 1 aliphatic rings. The monoisotopic (exact) mass is 506 g/mol. The van der Waals surface area contributed by atoms with Gasteiger partial charge in [-0.1, -0.05) is 41.5 Å². The Hall–Kier alpha value is -3.02. The van der Waals surface area contributed by atoms with Crippen LogP contribution in [0, 0.1) is 11.8 Å². The van der Waals surface area contributed by atoms with E-state index < -0.39 is 0 Å². The lowest BCUT2D eigenvalue weighted by molar-refractivity contribution is 0.0918. The summed E-state index contributed by atoms with van der Waals surface area (Å²) in [6.07, 6.45) is 7.47. The van der Waals surface area contributed by atoms with Crippen molar-refractivity contribution in [1.82, 2.24) is 10.6 Å². The molecule has 1 saturated carbocycles. The minimum Gasteiger partial charge on any atom is -0.349 e. The van der Waals surface area contributed by atoms with Crippen LogP contribution in [0.5, 0.6) is 0 Å². The van der Waals surface area contributed by atoms with Gasteiger partial charge in [0.25, 0.3) is 11.8 Å². The molecule has 0 saturated heterocycles. The van der Waals surface area contributed by atoms with Crippen molar-refractivity contribution in [2.24, 2.45) is 22.1 Å². The van der Waals surface area contributed by atoms with Crippen molar-refractivity contribution in [3.63, 3.8) is 0 Å². The average molecular weight is 507 g/mol. The van der Waals surface area contributed by atoms with Crippen molar-refractivity contribution in [1.29, 1.82) is 0 Å². The highest BCUT2D eigenvalue weighted by Crippen LogP contribution is 2.24. The molecule has 1 unspecified atom stereocenters. The van der Waals surface area contributed by atoms with Gasteiger partial charge in [0.2, 0.25) is 0 Å². The Morgan fingerprint density at radius 2 is 1.30 bits per heavy atom. The van der Waals surface area contributed by atoms with Crippen molar-refractivity contribution in [2.45, 2.75) is 98.6 Å². The van der Waals surface area contributed by atoms with Gasteiger partial charge in [-0.25, -0.2) is 0 Å². The first-order valence-corrected chi connectivity index (χ1v) is 14.1. The van der Waals surface area contributed by atoms with Gasteiger partial charge in [-0.2, -0.15) is 10.2 Å². The highest BCUT2D eigenvalue weighted by molar-refractivity contribution is 5.95. The zero-order chi connectivity index (χ0) is 27.2. The SMILES string of the molecule is CC.CCC(CCC(C)C)NC(=O)c1ccc(N=Nc2ccc(C(=O)NC3CCC(C)CC3)cc2)cc1. The number of carbonyl (C=O) groups excluding carboxylic acids is 2. The van der Waals surface area contributed by atoms with Gasteiger partial charge in [0.15, 0.2) is 0 Å². The van der Waals surface area contributed by atoms with E-state index in [2.05, 4.69) is 48.6 Å². The molecule has 6 nitrogen and oxygen atoms in total. The molecule has 3 rings (SSSR count). The molecule has 0 radical (unpaired) electrons. The minimum absolute atomic E-state index is 0.0311. The number of hydrogen-bond donors (Lipinski definition) is 2. The topological polar surface area (TPSA) is 82.9 Å². The Morgan fingerprint density at radius 3 is 1.76 bits per heavy atom. The van der Waals surface area contributed by atoms with Crippen molar-refractivity contribution in [3.8, 4) is 0 Å². The standard InChI is InChI=1S/C29H40N4O2.C2H6/c1-5-24(13-6-20(2)3)30-28(34)22-9-16-26(17-10-22)32-33-27-18-11-23(12-19-27)29(35)31-25-14-7-21(4)8-15-25;1-2/h9-12,16-21,24-25H,5-8,13-15H2,1-4H3,(H,30,34)(H,31,35);1-2H3. The van der Waals surface area contributed by atoms with E-state index in [0.717, 1.165) is 38.0 Å². The zero-order valence-corrected chi connectivity index (χ0v) is 23.6. The van der Waals surface area contributed by atoms with Gasteiger partial charge in [-0.05, 0) is 105 Å².